The minimum Gasteiger partial charge on any atom is -0.413 e. The molecule has 1 aliphatic rings. The maximum atomic E-state index is 12.4. The number of anilines is 1. The Balaban J connectivity index is 1.89. The van der Waals surface area contributed by atoms with Crippen LogP contribution in [0.5, 0.6) is 0 Å². The molecule has 2 N–H and O–H groups in total. The predicted molar refractivity (Wildman–Crippen MR) is 74.4 cm³/mol. The molecule has 0 atom stereocenters. The number of rotatable bonds is 2. The van der Waals surface area contributed by atoms with E-state index >= 15 is 0 Å². The van der Waals surface area contributed by atoms with Crippen molar-refractivity contribution < 1.29 is 9.82 Å². The molecule has 5 heteroatoms. The van der Waals surface area contributed by atoms with Crippen molar-refractivity contribution in [1.29, 1.82) is 0 Å². The van der Waals surface area contributed by atoms with Gasteiger partial charge in [0.05, 0.1) is 5.56 Å². The number of nitrogens with one attached hydrogen (secondary N) is 1. The van der Waals surface area contributed by atoms with E-state index in [0.29, 0.717) is 17.8 Å². The Hall–Kier alpha value is -2.27. The monoisotopic (exact) mass is 252 g/mol. The van der Waals surface area contributed by atoms with Crippen molar-refractivity contribution >= 4 is 18.8 Å². The fourth-order valence-electron chi connectivity index (χ4n) is 2.22. The van der Waals surface area contributed by atoms with Gasteiger partial charge in [-0.1, -0.05) is 42.5 Å². The summed E-state index contributed by atoms with van der Waals surface area (Å²) in [5.74, 6) is -0.161. The van der Waals surface area contributed by atoms with Gasteiger partial charge in [-0.15, -0.1) is 0 Å². The second kappa shape index (κ2) is 4.78. The number of fused-ring (bicyclic) bond motifs is 1. The fraction of sp³-hybridized carbons (Fsp3) is 0.0714. The van der Waals surface area contributed by atoms with E-state index in [0.717, 1.165) is 5.56 Å². The normalized spacial score (nSPS) is 14.1. The summed E-state index contributed by atoms with van der Waals surface area (Å²) in [5, 5.41) is 13.0. The summed E-state index contributed by atoms with van der Waals surface area (Å²) in [5.41, 5.74) is 2.24. The van der Waals surface area contributed by atoms with Crippen LogP contribution in [0.2, 0.25) is 0 Å². The fourth-order valence-corrected chi connectivity index (χ4v) is 2.22. The number of hydrogen-bond donors (Lipinski definition) is 2. The second-order valence-electron chi connectivity index (χ2n) is 4.48. The van der Waals surface area contributed by atoms with Gasteiger partial charge in [-0.2, -0.15) is 0 Å². The Bertz CT molecular complexity index is 603. The molecule has 1 heterocycles. The van der Waals surface area contributed by atoms with Crippen LogP contribution in [0.1, 0.15) is 15.9 Å². The van der Waals surface area contributed by atoms with Gasteiger partial charge >= 0.3 is 7.19 Å². The zero-order valence-corrected chi connectivity index (χ0v) is 10.3. The van der Waals surface area contributed by atoms with Gasteiger partial charge in [0.25, 0.3) is 0 Å². The van der Waals surface area contributed by atoms with Crippen molar-refractivity contribution in [2.75, 3.05) is 5.23 Å². The number of para-hydroxylation sites is 1. The van der Waals surface area contributed by atoms with E-state index in [4.69, 9.17) is 0 Å². The standard InChI is InChI=1S/C14H13BN2O2/c18-14-12-8-4-5-9-13(12)16-15(19)17(14)10-11-6-2-1-3-7-11/h1-9,16,19H,10H2. The third-order valence-electron chi connectivity index (χ3n) is 3.19. The summed E-state index contributed by atoms with van der Waals surface area (Å²) >= 11 is 0. The molecule has 19 heavy (non-hydrogen) atoms. The molecule has 4 nitrogen and oxygen atoms in total. The number of amides is 1. The molecule has 0 fully saturated rings. The first-order chi connectivity index (χ1) is 9.25. The number of carbonyl (C=O) groups is 1. The van der Waals surface area contributed by atoms with E-state index in [1.165, 1.54) is 4.81 Å². The smallest absolute Gasteiger partial charge is 0.413 e. The number of benzene rings is 2. The van der Waals surface area contributed by atoms with Crippen molar-refractivity contribution in [3.63, 3.8) is 0 Å². The van der Waals surface area contributed by atoms with Crippen LogP contribution in [0.3, 0.4) is 0 Å². The SMILES string of the molecule is O=C1c2ccccc2NB(O)N1Cc1ccccc1. The topological polar surface area (TPSA) is 52.6 Å². The molecule has 1 amide bonds. The molecule has 2 aromatic rings. The molecule has 0 saturated carbocycles. The highest BCUT2D eigenvalue weighted by Gasteiger charge is 2.35. The molecule has 0 spiro atoms. The summed E-state index contributed by atoms with van der Waals surface area (Å²) in [6.45, 7) is 0.377. The van der Waals surface area contributed by atoms with Crippen LogP contribution in [-0.4, -0.2) is 22.9 Å². The molecule has 1 aliphatic heterocycles. The number of hydrogen-bond acceptors (Lipinski definition) is 3. The van der Waals surface area contributed by atoms with Gasteiger partial charge in [0.1, 0.15) is 0 Å². The zero-order chi connectivity index (χ0) is 13.2. The summed E-state index contributed by atoms with van der Waals surface area (Å²) in [6, 6.07) is 16.8. The largest absolute Gasteiger partial charge is 0.545 e. The van der Waals surface area contributed by atoms with Crippen molar-refractivity contribution in [3.8, 4) is 0 Å². The van der Waals surface area contributed by atoms with E-state index < -0.39 is 7.19 Å². The van der Waals surface area contributed by atoms with Gasteiger partial charge in [0.2, 0.25) is 5.91 Å². The van der Waals surface area contributed by atoms with Crippen molar-refractivity contribution in [2.24, 2.45) is 0 Å². The number of nitrogens with zero attached hydrogens (tertiary/aromatic N) is 1. The van der Waals surface area contributed by atoms with Crippen LogP contribution in [0.25, 0.3) is 0 Å². The zero-order valence-electron chi connectivity index (χ0n) is 10.3. The molecule has 0 saturated heterocycles. The average Bonchev–Trinajstić information content (AvgIpc) is 2.45. The molecule has 2 aromatic carbocycles. The van der Waals surface area contributed by atoms with Gasteiger partial charge in [0, 0.05) is 12.2 Å². The first-order valence-corrected chi connectivity index (χ1v) is 6.14. The minimum absolute atomic E-state index is 0.161. The third kappa shape index (κ3) is 2.20. The van der Waals surface area contributed by atoms with Gasteiger partial charge in [-0.3, -0.25) is 4.79 Å². The molecule has 94 valence electrons. The van der Waals surface area contributed by atoms with Crippen LogP contribution in [0, 0.1) is 0 Å². The first kappa shape index (κ1) is 11.8. The Morgan fingerprint density at radius 1 is 1.05 bits per heavy atom. The van der Waals surface area contributed by atoms with E-state index in [-0.39, 0.29) is 5.91 Å². The quantitative estimate of drug-likeness (QED) is 0.800. The van der Waals surface area contributed by atoms with Crippen LogP contribution in [-0.2, 0) is 6.54 Å². The van der Waals surface area contributed by atoms with E-state index in [1.807, 2.05) is 42.5 Å². The lowest BCUT2D eigenvalue weighted by Gasteiger charge is -2.31. The highest BCUT2D eigenvalue weighted by molar-refractivity contribution is 6.57. The molecule has 3 rings (SSSR count). The molecular weight excluding hydrogens is 239 g/mol. The molecular formula is C14H13BN2O2. The Morgan fingerprint density at radius 3 is 2.53 bits per heavy atom. The molecule has 0 unspecified atom stereocenters. The van der Waals surface area contributed by atoms with Crippen LogP contribution >= 0.6 is 0 Å². The Labute approximate surface area is 111 Å². The van der Waals surface area contributed by atoms with Crippen LogP contribution in [0.4, 0.5) is 5.69 Å². The molecule has 0 radical (unpaired) electrons. The first-order valence-electron chi connectivity index (χ1n) is 6.14. The van der Waals surface area contributed by atoms with Gasteiger partial charge in [-0.25, -0.2) is 0 Å². The van der Waals surface area contributed by atoms with Crippen molar-refractivity contribution in [2.45, 2.75) is 6.54 Å². The lowest BCUT2D eigenvalue weighted by atomic mass is 9.89. The maximum absolute atomic E-state index is 12.4. The predicted octanol–water partition coefficient (Wildman–Crippen LogP) is 1.73. The lowest BCUT2D eigenvalue weighted by molar-refractivity contribution is 0.0830. The summed E-state index contributed by atoms with van der Waals surface area (Å²) < 4.78 is 0. The minimum atomic E-state index is -0.998. The molecule has 0 aliphatic carbocycles. The van der Waals surface area contributed by atoms with Crippen LogP contribution in [0.15, 0.2) is 54.6 Å². The van der Waals surface area contributed by atoms with Crippen molar-refractivity contribution in [1.82, 2.24) is 4.81 Å². The Kier molecular flexibility index (Phi) is 2.97. The number of carbonyl (C=O) groups excluding carboxylic acids is 1. The van der Waals surface area contributed by atoms with Crippen LogP contribution < -0.4 is 5.23 Å². The molecule has 0 bridgehead atoms. The Morgan fingerprint density at radius 2 is 1.74 bits per heavy atom. The lowest BCUT2D eigenvalue weighted by Crippen LogP contribution is -2.52. The van der Waals surface area contributed by atoms with Crippen molar-refractivity contribution in [3.05, 3.63) is 65.7 Å². The van der Waals surface area contributed by atoms with Gasteiger partial charge in [0.15, 0.2) is 0 Å². The third-order valence-corrected chi connectivity index (χ3v) is 3.19. The highest BCUT2D eigenvalue weighted by Crippen LogP contribution is 2.23. The highest BCUT2D eigenvalue weighted by atomic mass is 16.2. The van der Waals surface area contributed by atoms with E-state index in [9.17, 15) is 9.82 Å². The summed E-state index contributed by atoms with van der Waals surface area (Å²) in [4.78, 5) is 13.8. The second-order valence-corrected chi connectivity index (χ2v) is 4.48. The summed E-state index contributed by atoms with van der Waals surface area (Å²) in [6.07, 6.45) is 0. The summed E-state index contributed by atoms with van der Waals surface area (Å²) in [7, 11) is -0.998. The van der Waals surface area contributed by atoms with E-state index in [1.54, 1.807) is 12.1 Å². The van der Waals surface area contributed by atoms with Gasteiger partial charge < -0.3 is 15.1 Å². The van der Waals surface area contributed by atoms with E-state index in [2.05, 4.69) is 5.23 Å². The maximum Gasteiger partial charge on any atom is 0.545 e. The van der Waals surface area contributed by atoms with Gasteiger partial charge in [-0.05, 0) is 17.7 Å². The average molecular weight is 252 g/mol. The molecule has 0 aromatic heterocycles.